The first-order valence-corrected chi connectivity index (χ1v) is 14.4. The molecular formula is C33H41F3N2O6. The molecule has 3 aromatic rings. The number of amides is 2. The van der Waals surface area contributed by atoms with Crippen molar-refractivity contribution in [2.45, 2.75) is 59.4 Å². The number of fused-ring (bicyclic) bond motifs is 1. The summed E-state index contributed by atoms with van der Waals surface area (Å²) in [4.78, 5) is 26.6. The summed E-state index contributed by atoms with van der Waals surface area (Å²) in [5.41, 5.74) is 3.89. The maximum atomic E-state index is 13.1. The number of carbonyl (C=O) groups excluding carboxylic acids is 2. The molecule has 0 saturated carbocycles. The van der Waals surface area contributed by atoms with Gasteiger partial charge in [0.1, 0.15) is 17.2 Å². The predicted molar refractivity (Wildman–Crippen MR) is 164 cm³/mol. The smallest absolute Gasteiger partial charge is 0.497 e. The van der Waals surface area contributed by atoms with E-state index in [1.807, 2.05) is 44.7 Å². The maximum absolute atomic E-state index is 13.1. The third kappa shape index (κ3) is 9.82. The van der Waals surface area contributed by atoms with Gasteiger partial charge in [-0.15, -0.1) is 13.2 Å². The van der Waals surface area contributed by atoms with Crippen LogP contribution in [0.25, 0.3) is 0 Å². The van der Waals surface area contributed by atoms with Gasteiger partial charge in [-0.05, 0) is 66.8 Å². The number of urea groups is 1. The van der Waals surface area contributed by atoms with E-state index >= 15 is 0 Å². The average molecular weight is 619 g/mol. The lowest BCUT2D eigenvalue weighted by Gasteiger charge is -2.37. The molecule has 1 aliphatic heterocycles. The molecule has 1 unspecified atom stereocenters. The summed E-state index contributed by atoms with van der Waals surface area (Å²) in [6, 6.07) is 16.2. The molecule has 1 N–H and O–H groups in total. The lowest BCUT2D eigenvalue weighted by molar-refractivity contribution is -0.274. The average Bonchev–Trinajstić information content (AvgIpc) is 3.03. The fourth-order valence-corrected chi connectivity index (χ4v) is 4.75. The zero-order valence-corrected chi connectivity index (χ0v) is 26.2. The number of hydrogen-bond acceptors (Lipinski definition) is 6. The van der Waals surface area contributed by atoms with Crippen molar-refractivity contribution in [3.05, 3.63) is 82.9 Å². The minimum absolute atomic E-state index is 0.122. The standard InChI is InChI=1S/C22H26N2O5.C9H9F3O.C2H6/c1-5-18-20-14(12-17(27-2)13-19(20)28-3)9-10-24(18)22(26)23-16-8-6-7-15(11-16)21(25)29-4;1-2-7-4-3-5-8(6-7)13-9(10,11)12;1-2/h6-8,11-13,18H,5,9-10H2,1-4H3,(H,23,26);3-6H,2H2,1H3;1-2H3. The van der Waals surface area contributed by atoms with Gasteiger partial charge in [0.05, 0.1) is 32.9 Å². The molecule has 44 heavy (non-hydrogen) atoms. The van der Waals surface area contributed by atoms with E-state index in [9.17, 15) is 22.8 Å². The molecule has 1 aliphatic rings. The van der Waals surface area contributed by atoms with Gasteiger partial charge in [0, 0.05) is 23.9 Å². The van der Waals surface area contributed by atoms with E-state index in [0.29, 0.717) is 30.6 Å². The monoisotopic (exact) mass is 618 g/mol. The quantitative estimate of drug-likeness (QED) is 0.269. The topological polar surface area (TPSA) is 86.3 Å². The van der Waals surface area contributed by atoms with E-state index in [-0.39, 0.29) is 17.8 Å². The van der Waals surface area contributed by atoms with Crippen molar-refractivity contribution in [2.75, 3.05) is 33.2 Å². The molecule has 11 heteroatoms. The first-order valence-electron chi connectivity index (χ1n) is 14.4. The zero-order chi connectivity index (χ0) is 32.9. The van der Waals surface area contributed by atoms with Gasteiger partial charge in [-0.3, -0.25) is 0 Å². The van der Waals surface area contributed by atoms with Gasteiger partial charge in [-0.25, -0.2) is 9.59 Å². The SMILES string of the molecule is CC.CCC1c2c(cc(OC)cc2OC)CCN1C(=O)Nc1cccc(C(=O)OC)c1.CCc1cccc(OC(F)(F)F)c1. The highest BCUT2D eigenvalue weighted by molar-refractivity contribution is 5.94. The molecule has 4 rings (SSSR count). The Morgan fingerprint density at radius 3 is 2.23 bits per heavy atom. The van der Waals surface area contributed by atoms with Gasteiger partial charge in [-0.1, -0.05) is 45.9 Å². The number of nitrogens with one attached hydrogen (secondary N) is 1. The normalized spacial score (nSPS) is 13.6. The highest BCUT2D eigenvalue weighted by atomic mass is 19.4. The van der Waals surface area contributed by atoms with E-state index in [1.54, 1.807) is 50.6 Å². The fourth-order valence-electron chi connectivity index (χ4n) is 4.75. The van der Waals surface area contributed by atoms with E-state index in [4.69, 9.17) is 14.2 Å². The van der Waals surface area contributed by atoms with Crippen molar-refractivity contribution in [1.29, 1.82) is 0 Å². The number of alkyl halides is 3. The highest BCUT2D eigenvalue weighted by Crippen LogP contribution is 2.41. The zero-order valence-electron chi connectivity index (χ0n) is 26.2. The van der Waals surface area contributed by atoms with Crippen molar-refractivity contribution < 1.29 is 41.7 Å². The number of rotatable bonds is 7. The molecule has 0 spiro atoms. The third-order valence-electron chi connectivity index (χ3n) is 6.71. The summed E-state index contributed by atoms with van der Waals surface area (Å²) < 4.78 is 54.7. The molecule has 0 radical (unpaired) electrons. The van der Waals surface area contributed by atoms with E-state index in [0.717, 1.165) is 34.6 Å². The number of benzene rings is 3. The molecular weight excluding hydrogens is 577 g/mol. The Balaban J connectivity index is 0.000000376. The summed E-state index contributed by atoms with van der Waals surface area (Å²) in [5.74, 6) is 0.856. The number of esters is 1. The molecule has 240 valence electrons. The molecule has 0 fully saturated rings. The Morgan fingerprint density at radius 1 is 0.932 bits per heavy atom. The van der Waals surface area contributed by atoms with Gasteiger partial charge in [0.15, 0.2) is 0 Å². The summed E-state index contributed by atoms with van der Waals surface area (Å²) in [7, 11) is 4.58. The minimum Gasteiger partial charge on any atom is -0.497 e. The van der Waals surface area contributed by atoms with Crippen LogP contribution in [0, 0.1) is 0 Å². The summed E-state index contributed by atoms with van der Waals surface area (Å²) in [6.07, 6.45) is -2.47. The van der Waals surface area contributed by atoms with Gasteiger partial charge in [0.2, 0.25) is 0 Å². The second kappa shape index (κ2) is 17.0. The fraction of sp³-hybridized carbons (Fsp3) is 0.394. The van der Waals surface area contributed by atoms with Crippen LogP contribution in [0.2, 0.25) is 0 Å². The molecule has 2 amide bonds. The van der Waals surface area contributed by atoms with Crippen molar-refractivity contribution in [3.8, 4) is 17.2 Å². The second-order valence-electron chi connectivity index (χ2n) is 9.32. The molecule has 0 aliphatic carbocycles. The summed E-state index contributed by atoms with van der Waals surface area (Å²) in [5, 5.41) is 2.90. The Morgan fingerprint density at radius 2 is 1.64 bits per heavy atom. The predicted octanol–water partition coefficient (Wildman–Crippen LogP) is 8.21. The molecule has 0 bridgehead atoms. The van der Waals surface area contributed by atoms with Crippen molar-refractivity contribution in [2.24, 2.45) is 0 Å². The number of methoxy groups -OCH3 is 3. The van der Waals surface area contributed by atoms with Crippen molar-refractivity contribution in [3.63, 3.8) is 0 Å². The van der Waals surface area contributed by atoms with Crippen molar-refractivity contribution >= 4 is 17.7 Å². The molecule has 8 nitrogen and oxygen atoms in total. The molecule has 1 heterocycles. The van der Waals surface area contributed by atoms with Gasteiger partial charge in [-0.2, -0.15) is 0 Å². The number of hydrogen-bond donors (Lipinski definition) is 1. The Labute approximate surface area is 257 Å². The van der Waals surface area contributed by atoms with Gasteiger partial charge in [0.25, 0.3) is 0 Å². The van der Waals surface area contributed by atoms with Crippen LogP contribution in [0.15, 0.2) is 60.7 Å². The molecule has 3 aromatic carbocycles. The molecule has 1 atom stereocenters. The van der Waals surface area contributed by atoms with Crippen LogP contribution < -0.4 is 19.5 Å². The lowest BCUT2D eigenvalue weighted by Crippen LogP contribution is -2.42. The van der Waals surface area contributed by atoms with Crippen LogP contribution in [0.4, 0.5) is 23.7 Å². The van der Waals surface area contributed by atoms with Gasteiger partial charge >= 0.3 is 18.4 Å². The first kappa shape index (κ1) is 35.8. The van der Waals surface area contributed by atoms with E-state index in [1.165, 1.54) is 19.2 Å². The van der Waals surface area contributed by atoms with Crippen LogP contribution in [0.3, 0.4) is 0 Å². The van der Waals surface area contributed by atoms with E-state index in [2.05, 4.69) is 10.1 Å². The third-order valence-corrected chi connectivity index (χ3v) is 6.71. The second-order valence-corrected chi connectivity index (χ2v) is 9.32. The number of nitrogens with zero attached hydrogens (tertiary/aromatic N) is 1. The van der Waals surface area contributed by atoms with Crippen LogP contribution in [-0.2, 0) is 17.6 Å². The van der Waals surface area contributed by atoms with Crippen LogP contribution >= 0.6 is 0 Å². The molecule has 0 aromatic heterocycles. The first-order chi connectivity index (χ1) is 21.0. The number of anilines is 1. The summed E-state index contributed by atoms with van der Waals surface area (Å²) >= 11 is 0. The lowest BCUT2D eigenvalue weighted by atomic mass is 9.90. The molecule has 0 saturated heterocycles. The Hall–Kier alpha value is -4.41. The highest BCUT2D eigenvalue weighted by Gasteiger charge is 2.33. The number of carbonyl (C=O) groups is 2. The van der Waals surface area contributed by atoms with Gasteiger partial charge < -0.3 is 29.2 Å². The van der Waals surface area contributed by atoms with Crippen molar-refractivity contribution in [1.82, 2.24) is 4.90 Å². The van der Waals surface area contributed by atoms with Crippen LogP contribution in [0.5, 0.6) is 17.2 Å². The van der Waals surface area contributed by atoms with Crippen LogP contribution in [-0.4, -0.2) is 51.1 Å². The number of ether oxygens (including phenoxy) is 4. The number of halogens is 3. The Bertz CT molecular complexity index is 1360. The Kier molecular flexibility index (Phi) is 13.8. The van der Waals surface area contributed by atoms with Crippen LogP contribution in [0.1, 0.15) is 67.2 Å². The maximum Gasteiger partial charge on any atom is 0.573 e. The largest absolute Gasteiger partial charge is 0.573 e. The number of aryl methyl sites for hydroxylation is 1. The minimum atomic E-state index is -4.60. The summed E-state index contributed by atoms with van der Waals surface area (Å²) in [6.45, 7) is 8.48. The van der Waals surface area contributed by atoms with E-state index < -0.39 is 12.3 Å².